The van der Waals surface area contributed by atoms with Crippen LogP contribution in [0.25, 0.3) is 0 Å². The van der Waals surface area contributed by atoms with Gasteiger partial charge in [-0.25, -0.2) is 0 Å². The van der Waals surface area contributed by atoms with E-state index in [1.54, 1.807) is 12.2 Å². The minimum absolute atomic E-state index is 0.173. The van der Waals surface area contributed by atoms with Crippen molar-refractivity contribution in [1.82, 2.24) is 0 Å². The largest absolute Gasteiger partial charge is 0.421 e. The lowest BCUT2D eigenvalue weighted by molar-refractivity contribution is -0.199. The monoisotopic (exact) mass is 492 g/mol. The van der Waals surface area contributed by atoms with Crippen LogP contribution in [0.3, 0.4) is 0 Å². The van der Waals surface area contributed by atoms with Crippen molar-refractivity contribution in [2.75, 3.05) is 7.11 Å². The summed E-state index contributed by atoms with van der Waals surface area (Å²) < 4.78 is 18.0. The molecule has 0 saturated carbocycles. The maximum Gasteiger partial charge on any atom is 0.305 e. The first-order valence-electron chi connectivity index (χ1n) is 11.9. The highest BCUT2D eigenvalue weighted by Gasteiger charge is 2.53. The van der Waals surface area contributed by atoms with Crippen molar-refractivity contribution in [3.8, 4) is 0 Å². The second-order valence-corrected chi connectivity index (χ2v) is 14.8. The molecule has 0 N–H and O–H groups in total. The van der Waals surface area contributed by atoms with Crippen LogP contribution in [0.5, 0.6) is 0 Å². The smallest absolute Gasteiger partial charge is 0.305 e. The van der Waals surface area contributed by atoms with Crippen LogP contribution in [0.4, 0.5) is 0 Å². The average Bonchev–Trinajstić information content (AvgIpc) is 2.79. The fourth-order valence-electron chi connectivity index (χ4n) is 4.86. The number of esters is 1. The number of ketones is 1. The first-order chi connectivity index (χ1) is 16.4. The van der Waals surface area contributed by atoms with E-state index in [4.69, 9.17) is 13.9 Å². The van der Waals surface area contributed by atoms with Gasteiger partial charge >= 0.3 is 5.97 Å². The van der Waals surface area contributed by atoms with Gasteiger partial charge in [0.15, 0.2) is 0 Å². The number of ether oxygens (including phenoxy) is 2. The average molecular weight is 493 g/mol. The minimum atomic E-state index is -2.79. The summed E-state index contributed by atoms with van der Waals surface area (Å²) in [5, 5.41) is 2.22. The Morgan fingerprint density at radius 1 is 0.886 bits per heavy atom. The third kappa shape index (κ3) is 5.55. The Kier molecular flexibility index (Phi) is 7.70. The zero-order valence-electron chi connectivity index (χ0n) is 21.8. The molecular weight excluding hydrogens is 456 g/mol. The van der Waals surface area contributed by atoms with Crippen LogP contribution in [-0.4, -0.2) is 38.6 Å². The number of carbonyl (C=O) groups excluding carboxylic acids is 2. The Hall–Kier alpha value is -2.80. The van der Waals surface area contributed by atoms with E-state index >= 15 is 0 Å². The Balaban J connectivity index is 2.07. The summed E-state index contributed by atoms with van der Waals surface area (Å²) in [6.07, 6.45) is 5.24. The molecule has 0 aromatic heterocycles. The second-order valence-electron chi connectivity index (χ2n) is 10.6. The maximum absolute atomic E-state index is 12.6. The van der Waals surface area contributed by atoms with Gasteiger partial charge in [-0.2, -0.15) is 0 Å². The number of carbonyl (C=O) groups is 2. The summed E-state index contributed by atoms with van der Waals surface area (Å²) in [7, 11) is -1.43. The van der Waals surface area contributed by atoms with Crippen LogP contribution in [0, 0.1) is 0 Å². The molecule has 0 radical (unpaired) electrons. The van der Waals surface area contributed by atoms with Gasteiger partial charge in [0.05, 0.1) is 5.60 Å². The molecule has 0 bridgehead atoms. The summed E-state index contributed by atoms with van der Waals surface area (Å²) in [5.74, 6) is -2.76. The van der Waals surface area contributed by atoms with Gasteiger partial charge in [0.2, 0.25) is 5.78 Å². The highest BCUT2D eigenvalue weighted by atomic mass is 28.4. The summed E-state index contributed by atoms with van der Waals surface area (Å²) in [5.41, 5.74) is 0.188. The van der Waals surface area contributed by atoms with E-state index in [-0.39, 0.29) is 5.04 Å². The number of benzene rings is 2. The fraction of sp³-hybridized carbons (Fsp3) is 0.379. The van der Waals surface area contributed by atoms with Crippen LogP contribution >= 0.6 is 0 Å². The molecule has 0 saturated heterocycles. The summed E-state index contributed by atoms with van der Waals surface area (Å²) in [6.45, 7) is 12.1. The Labute approximate surface area is 209 Å². The van der Waals surface area contributed by atoms with Crippen molar-refractivity contribution in [3.05, 3.63) is 84.5 Å². The number of allylic oxidation sites excluding steroid dienone is 1. The predicted molar refractivity (Wildman–Crippen MR) is 141 cm³/mol. The van der Waals surface area contributed by atoms with Crippen molar-refractivity contribution in [3.63, 3.8) is 0 Å². The molecule has 35 heavy (non-hydrogen) atoms. The zero-order valence-corrected chi connectivity index (χ0v) is 22.8. The van der Waals surface area contributed by atoms with Gasteiger partial charge < -0.3 is 13.9 Å². The normalized spacial score (nSPS) is 18.8. The fourth-order valence-corrected chi connectivity index (χ4v) is 9.69. The summed E-state index contributed by atoms with van der Waals surface area (Å²) >= 11 is 0. The molecule has 0 aliphatic heterocycles. The van der Waals surface area contributed by atoms with Crippen molar-refractivity contribution < 1.29 is 23.5 Å². The second kappa shape index (κ2) is 10.1. The molecule has 2 aromatic rings. The number of hydrogen-bond acceptors (Lipinski definition) is 5. The molecule has 1 aliphatic carbocycles. The van der Waals surface area contributed by atoms with E-state index in [1.807, 2.05) is 12.1 Å². The first kappa shape index (κ1) is 26.8. The van der Waals surface area contributed by atoms with Crippen molar-refractivity contribution >= 4 is 30.4 Å². The van der Waals surface area contributed by atoms with Gasteiger partial charge in [0, 0.05) is 14.0 Å². The summed E-state index contributed by atoms with van der Waals surface area (Å²) in [4.78, 5) is 24.3. The highest BCUT2D eigenvalue weighted by molar-refractivity contribution is 6.99. The van der Waals surface area contributed by atoms with E-state index in [9.17, 15) is 9.59 Å². The molecule has 6 heteroatoms. The standard InChI is InChI=1S/C29H36O5Si/c1-22(30)33-29(32-7)21-23(18-19-26(29)31)20-28(5,6)34-35(27(2,3)4,24-14-10-8-11-15-24)25-16-12-9-13-17-25/h8-19,21H,20H2,1-7H3. The van der Waals surface area contributed by atoms with Gasteiger partial charge in [0.25, 0.3) is 14.1 Å². The van der Waals surface area contributed by atoms with Gasteiger partial charge in [-0.1, -0.05) is 87.5 Å². The predicted octanol–water partition coefficient (Wildman–Crippen LogP) is 4.70. The first-order valence-corrected chi connectivity index (χ1v) is 13.8. The van der Waals surface area contributed by atoms with Crippen LogP contribution in [0.1, 0.15) is 48.0 Å². The zero-order chi connectivity index (χ0) is 25.9. The lowest BCUT2D eigenvalue weighted by Crippen LogP contribution is -2.69. The number of methoxy groups -OCH3 is 1. The Morgan fingerprint density at radius 3 is 1.83 bits per heavy atom. The summed E-state index contributed by atoms with van der Waals surface area (Å²) in [6, 6.07) is 20.9. The minimum Gasteiger partial charge on any atom is -0.421 e. The van der Waals surface area contributed by atoms with Gasteiger partial charge in [0.1, 0.15) is 0 Å². The molecule has 186 valence electrons. The molecule has 3 rings (SSSR count). The maximum atomic E-state index is 12.6. The molecule has 0 heterocycles. The van der Waals surface area contributed by atoms with E-state index in [0.717, 1.165) is 5.57 Å². The van der Waals surface area contributed by atoms with Crippen LogP contribution in [0.15, 0.2) is 84.5 Å². The molecule has 1 aliphatic rings. The molecule has 0 amide bonds. The molecule has 5 nitrogen and oxygen atoms in total. The third-order valence-electron chi connectivity index (χ3n) is 6.24. The lowest BCUT2D eigenvalue weighted by Gasteiger charge is -2.48. The van der Waals surface area contributed by atoms with Crippen molar-refractivity contribution in [2.24, 2.45) is 0 Å². The van der Waals surface area contributed by atoms with Gasteiger partial charge in [-0.3, -0.25) is 9.59 Å². The van der Waals surface area contributed by atoms with Gasteiger partial charge in [-0.05, 0) is 53.4 Å². The van der Waals surface area contributed by atoms with Crippen LogP contribution in [-0.2, 0) is 23.5 Å². The molecule has 2 aromatic carbocycles. The highest BCUT2D eigenvalue weighted by Crippen LogP contribution is 2.41. The van der Waals surface area contributed by atoms with Gasteiger partial charge in [-0.15, -0.1) is 0 Å². The van der Waals surface area contributed by atoms with Crippen LogP contribution in [0.2, 0.25) is 5.04 Å². The SMILES string of the molecule is COC1(OC(C)=O)C=C(CC(C)(C)O[Si](c2ccccc2)(c2ccccc2)C(C)(C)C)C=CC1=O. The third-order valence-corrected chi connectivity index (χ3v) is 11.5. The van der Waals surface area contributed by atoms with Crippen LogP contribution < -0.4 is 10.4 Å². The van der Waals surface area contributed by atoms with Crippen molar-refractivity contribution in [2.45, 2.75) is 64.4 Å². The molecule has 0 fully saturated rings. The molecule has 1 unspecified atom stereocenters. The Bertz CT molecular complexity index is 1070. The topological polar surface area (TPSA) is 61.8 Å². The molecule has 1 atom stereocenters. The van der Waals surface area contributed by atoms with E-state index in [0.29, 0.717) is 6.42 Å². The van der Waals surface area contributed by atoms with E-state index in [1.165, 1.54) is 30.5 Å². The Morgan fingerprint density at radius 2 is 1.40 bits per heavy atom. The number of hydrogen-bond donors (Lipinski definition) is 0. The quantitative estimate of drug-likeness (QED) is 0.304. The molecular formula is C29H36O5Si. The van der Waals surface area contributed by atoms with Crippen molar-refractivity contribution in [1.29, 1.82) is 0 Å². The molecule has 0 spiro atoms. The lowest BCUT2D eigenvalue weighted by atomic mass is 9.92. The number of rotatable bonds is 8. The van der Waals surface area contributed by atoms with E-state index < -0.39 is 31.5 Å². The van der Waals surface area contributed by atoms with E-state index in [2.05, 4.69) is 83.1 Å².